The second kappa shape index (κ2) is 4.94. The molecule has 5 saturated carbocycles. The summed E-state index contributed by atoms with van der Waals surface area (Å²) in [5.74, 6) is 3.10. The maximum Gasteiger partial charge on any atom is 0.241 e. The first-order valence-electron chi connectivity index (χ1n) is 9.07. The molecule has 0 aromatic rings. The van der Waals surface area contributed by atoms with Gasteiger partial charge in [-0.3, -0.25) is 4.79 Å². The lowest BCUT2D eigenvalue weighted by Gasteiger charge is -2.58. The van der Waals surface area contributed by atoms with Crippen LogP contribution < -0.4 is 5.73 Å². The average molecular weight is 317 g/mol. The van der Waals surface area contributed by atoms with Gasteiger partial charge in [-0.1, -0.05) is 0 Å². The third-order valence-corrected chi connectivity index (χ3v) is 7.52. The van der Waals surface area contributed by atoms with Gasteiger partial charge >= 0.3 is 0 Å². The monoisotopic (exact) mass is 317 g/mol. The zero-order chi connectivity index (χ0) is 15.1. The maximum absolute atomic E-state index is 13.1. The quantitative estimate of drug-likeness (QED) is 0.828. The lowest BCUT2D eigenvalue weighted by molar-refractivity contribution is -0.144. The van der Waals surface area contributed by atoms with Crippen LogP contribution in [0.1, 0.15) is 51.4 Å². The van der Waals surface area contributed by atoms with Gasteiger partial charge in [0.2, 0.25) is 5.91 Å². The number of hydrogen-bond donors (Lipinski definition) is 1. The Hall–Kier alpha value is -1.12. The summed E-state index contributed by atoms with van der Waals surface area (Å²) in [5, 5.41) is 9.35. The molecule has 1 heterocycles. The Morgan fingerprint density at radius 3 is 2.17 bits per heavy atom. The zero-order valence-electron chi connectivity index (χ0n) is 13.6. The summed E-state index contributed by atoms with van der Waals surface area (Å²) in [5.41, 5.74) is 6.65. The van der Waals surface area contributed by atoms with E-state index in [2.05, 4.69) is 6.07 Å². The van der Waals surface area contributed by atoms with E-state index in [1.54, 1.807) is 0 Å². The smallest absolute Gasteiger partial charge is 0.241 e. The predicted octanol–water partition coefficient (Wildman–Crippen LogP) is 1.22. The summed E-state index contributed by atoms with van der Waals surface area (Å²) in [6, 6.07) is 2.09. The van der Waals surface area contributed by atoms with Crippen molar-refractivity contribution in [1.29, 1.82) is 5.26 Å². The molecule has 4 N–H and O–H groups in total. The van der Waals surface area contributed by atoms with Crippen LogP contribution in [0.5, 0.6) is 0 Å². The molecule has 6 aliphatic rings. The van der Waals surface area contributed by atoms with E-state index < -0.39 is 0 Å². The number of likely N-dealkylation sites (tertiary alicyclic amines) is 1. The number of nitrogens with zero attached hydrogens (tertiary/aromatic N) is 2. The Morgan fingerprint density at radius 2 is 1.65 bits per heavy atom. The Morgan fingerprint density at radius 1 is 1.09 bits per heavy atom. The van der Waals surface area contributed by atoms with Crippen molar-refractivity contribution in [3.63, 3.8) is 0 Å². The molecule has 6 fully saturated rings. The Balaban J connectivity index is 0.00000135. The molecule has 5 nitrogen and oxygen atoms in total. The first kappa shape index (κ1) is 15.4. The number of hydrogen-bond acceptors (Lipinski definition) is 3. The lowest BCUT2D eigenvalue weighted by Crippen LogP contribution is -2.60. The van der Waals surface area contributed by atoms with Crippen molar-refractivity contribution >= 4 is 5.91 Å². The number of nitriles is 1. The van der Waals surface area contributed by atoms with Gasteiger partial charge in [-0.25, -0.2) is 0 Å². The Bertz CT molecular complexity index is 534. The zero-order valence-corrected chi connectivity index (χ0v) is 13.6. The fourth-order valence-electron chi connectivity index (χ4n) is 6.87. The van der Waals surface area contributed by atoms with E-state index in [4.69, 9.17) is 5.73 Å². The molecule has 1 aliphatic heterocycles. The van der Waals surface area contributed by atoms with Crippen LogP contribution in [0.2, 0.25) is 0 Å². The summed E-state index contributed by atoms with van der Waals surface area (Å²) < 4.78 is 0. The highest BCUT2D eigenvalue weighted by Gasteiger charge is 2.59. The van der Waals surface area contributed by atoms with Gasteiger partial charge in [0.05, 0.1) is 12.1 Å². The third-order valence-electron chi connectivity index (χ3n) is 7.52. The molecule has 4 atom stereocenters. The number of piperidine rings is 1. The first-order chi connectivity index (χ1) is 10.6. The van der Waals surface area contributed by atoms with Gasteiger partial charge in [-0.2, -0.15) is 5.26 Å². The summed E-state index contributed by atoms with van der Waals surface area (Å²) in [7, 11) is 0. The van der Waals surface area contributed by atoms with E-state index in [-0.39, 0.29) is 28.9 Å². The van der Waals surface area contributed by atoms with Crippen LogP contribution in [0, 0.1) is 40.4 Å². The van der Waals surface area contributed by atoms with Crippen molar-refractivity contribution in [2.45, 2.75) is 69.5 Å². The van der Waals surface area contributed by atoms with Crippen molar-refractivity contribution in [1.82, 2.24) is 4.90 Å². The van der Waals surface area contributed by atoms with Gasteiger partial charge in [0, 0.05) is 6.04 Å². The maximum atomic E-state index is 13.1. The van der Waals surface area contributed by atoms with Crippen LogP contribution in [-0.4, -0.2) is 34.4 Å². The minimum Gasteiger partial charge on any atom is -0.412 e. The highest BCUT2D eigenvalue weighted by atomic mass is 16.2. The van der Waals surface area contributed by atoms with Crippen molar-refractivity contribution in [2.24, 2.45) is 34.8 Å². The minimum absolute atomic E-state index is 0. The van der Waals surface area contributed by atoms with E-state index in [0.29, 0.717) is 12.0 Å². The van der Waals surface area contributed by atoms with E-state index >= 15 is 0 Å². The number of amides is 1. The average Bonchev–Trinajstić information content (AvgIpc) is 3.15. The standard InChI is InChI=1S/C18H25N3O.H2O/c19-9-14-4-13-5-15(13)21(14)17(22)16(20)18-6-10-1-11(7-18)3-12(2-10)8-18;/h10-16H,1-8,20H2;1H2/t10?,11?,12?,13-,14+,15+,16-,18?;/m1./s1. The van der Waals surface area contributed by atoms with E-state index in [1.165, 1.54) is 19.3 Å². The highest BCUT2D eigenvalue weighted by Crippen LogP contribution is 2.61. The van der Waals surface area contributed by atoms with E-state index in [0.717, 1.165) is 49.9 Å². The van der Waals surface area contributed by atoms with E-state index in [9.17, 15) is 10.1 Å². The molecule has 5 aliphatic carbocycles. The number of carbonyl (C=O) groups excluding carboxylic acids is 1. The first-order valence-corrected chi connectivity index (χ1v) is 9.07. The summed E-state index contributed by atoms with van der Waals surface area (Å²) >= 11 is 0. The molecular formula is C18H27N3O2. The molecule has 0 aromatic heterocycles. The van der Waals surface area contributed by atoms with Gasteiger partial charge in [0.25, 0.3) is 0 Å². The predicted molar refractivity (Wildman–Crippen MR) is 85.0 cm³/mol. The summed E-state index contributed by atoms with van der Waals surface area (Å²) in [6.07, 6.45) is 9.55. The molecule has 1 amide bonds. The fourth-order valence-corrected chi connectivity index (χ4v) is 6.87. The van der Waals surface area contributed by atoms with Gasteiger partial charge in [-0.15, -0.1) is 0 Å². The fraction of sp³-hybridized carbons (Fsp3) is 0.889. The molecule has 23 heavy (non-hydrogen) atoms. The molecule has 0 spiro atoms. The number of nitrogens with two attached hydrogens (primary N) is 1. The molecule has 6 rings (SSSR count). The van der Waals surface area contributed by atoms with Crippen LogP contribution in [0.25, 0.3) is 0 Å². The van der Waals surface area contributed by atoms with Crippen LogP contribution >= 0.6 is 0 Å². The second-order valence-corrected chi connectivity index (χ2v) is 8.95. The summed E-state index contributed by atoms with van der Waals surface area (Å²) in [6.45, 7) is 0. The number of rotatable bonds is 2. The van der Waals surface area contributed by atoms with Crippen LogP contribution in [0.3, 0.4) is 0 Å². The van der Waals surface area contributed by atoms with Crippen molar-refractivity contribution < 1.29 is 10.3 Å². The molecular weight excluding hydrogens is 290 g/mol. The van der Waals surface area contributed by atoms with Gasteiger partial charge in [0.15, 0.2) is 0 Å². The second-order valence-electron chi connectivity index (χ2n) is 8.95. The summed E-state index contributed by atoms with van der Waals surface area (Å²) in [4.78, 5) is 15.0. The molecule has 126 valence electrons. The van der Waals surface area contributed by atoms with Crippen molar-refractivity contribution in [3.05, 3.63) is 0 Å². The van der Waals surface area contributed by atoms with Crippen LogP contribution in [-0.2, 0) is 4.79 Å². The number of fused-ring (bicyclic) bond motifs is 1. The molecule has 5 heteroatoms. The molecule has 4 bridgehead atoms. The minimum atomic E-state index is -0.365. The normalized spacial score (nSPS) is 50.0. The van der Waals surface area contributed by atoms with Gasteiger partial charge in [-0.05, 0) is 80.5 Å². The molecule has 0 aromatic carbocycles. The number of carbonyl (C=O) groups is 1. The van der Waals surface area contributed by atoms with Gasteiger partial charge in [0.1, 0.15) is 6.04 Å². The van der Waals surface area contributed by atoms with Crippen molar-refractivity contribution in [2.75, 3.05) is 0 Å². The molecule has 0 unspecified atom stereocenters. The van der Waals surface area contributed by atoms with E-state index in [1.807, 2.05) is 4.90 Å². The SMILES string of the molecule is N#C[C@@H]1C[C@@H]2C[C@@H]2N1C(=O)[C@@H](N)C12CC3CC(CC(C3)C1)C2.O. The Labute approximate surface area is 137 Å². The van der Waals surface area contributed by atoms with Crippen LogP contribution in [0.4, 0.5) is 0 Å². The molecule has 1 saturated heterocycles. The molecule has 0 radical (unpaired) electrons. The lowest BCUT2D eigenvalue weighted by atomic mass is 9.47. The highest BCUT2D eigenvalue weighted by molar-refractivity contribution is 5.84. The van der Waals surface area contributed by atoms with Gasteiger partial charge < -0.3 is 16.1 Å². The van der Waals surface area contributed by atoms with Crippen molar-refractivity contribution in [3.8, 4) is 6.07 Å². The van der Waals surface area contributed by atoms with Crippen LogP contribution in [0.15, 0.2) is 0 Å². The Kier molecular flexibility index (Phi) is 3.31. The third kappa shape index (κ3) is 2.08. The largest absolute Gasteiger partial charge is 0.412 e. The topological polar surface area (TPSA) is 102 Å².